The molecular formula is C26H26BN. The van der Waals surface area contributed by atoms with Crippen LogP contribution in [0.2, 0.25) is 0 Å². The van der Waals surface area contributed by atoms with Crippen molar-refractivity contribution in [3.05, 3.63) is 96.6 Å². The van der Waals surface area contributed by atoms with E-state index >= 15 is 0 Å². The highest BCUT2D eigenvalue weighted by atomic mass is 15.1. The highest BCUT2D eigenvalue weighted by Gasteiger charge is 2.16. The summed E-state index contributed by atoms with van der Waals surface area (Å²) in [6, 6.07) is 32.9. The van der Waals surface area contributed by atoms with Crippen LogP contribution < -0.4 is 10.4 Å². The largest absolute Gasteiger partial charge is 0.310 e. The molecule has 0 aliphatic heterocycles. The average molecular weight is 363 g/mol. The van der Waals surface area contributed by atoms with Crippen LogP contribution in [0.5, 0.6) is 0 Å². The minimum Gasteiger partial charge on any atom is -0.310 e. The van der Waals surface area contributed by atoms with Gasteiger partial charge in [0.25, 0.3) is 0 Å². The summed E-state index contributed by atoms with van der Waals surface area (Å²) in [6.45, 7) is 6.76. The van der Waals surface area contributed by atoms with Gasteiger partial charge in [-0.2, -0.15) is 0 Å². The summed E-state index contributed by atoms with van der Waals surface area (Å²) >= 11 is 0. The molecule has 0 saturated carbocycles. The lowest BCUT2D eigenvalue weighted by atomic mass is 9.87. The number of hydrogen-bond acceptors (Lipinski definition) is 1. The van der Waals surface area contributed by atoms with Gasteiger partial charge < -0.3 is 4.90 Å². The second kappa shape index (κ2) is 7.20. The van der Waals surface area contributed by atoms with Crippen molar-refractivity contribution in [1.82, 2.24) is 0 Å². The maximum atomic E-state index is 2.33. The molecule has 4 aromatic rings. The summed E-state index contributed by atoms with van der Waals surface area (Å²) in [6.07, 6.45) is 0. The van der Waals surface area contributed by atoms with E-state index in [1.165, 1.54) is 38.9 Å². The van der Waals surface area contributed by atoms with Crippen molar-refractivity contribution in [1.29, 1.82) is 0 Å². The SMILES string of the molecule is Bc1ccc(N(c2ccc(C(C)(C)C)cc2)c2ccc3ccccc3c2)cc1. The molecule has 0 aromatic heterocycles. The molecule has 0 unspecified atom stereocenters. The van der Waals surface area contributed by atoms with Gasteiger partial charge in [0.15, 0.2) is 0 Å². The Morgan fingerprint density at radius 3 is 1.75 bits per heavy atom. The van der Waals surface area contributed by atoms with Crippen LogP contribution in [0.25, 0.3) is 10.8 Å². The monoisotopic (exact) mass is 363 g/mol. The van der Waals surface area contributed by atoms with E-state index in [-0.39, 0.29) is 5.41 Å². The number of hydrogen-bond donors (Lipinski definition) is 0. The van der Waals surface area contributed by atoms with Gasteiger partial charge >= 0.3 is 0 Å². The summed E-state index contributed by atoms with van der Waals surface area (Å²) in [4.78, 5) is 2.33. The van der Waals surface area contributed by atoms with Gasteiger partial charge in [-0.25, -0.2) is 0 Å². The minimum absolute atomic E-state index is 0.149. The van der Waals surface area contributed by atoms with Crippen LogP contribution in [0.4, 0.5) is 17.1 Å². The summed E-state index contributed by atoms with van der Waals surface area (Å²) in [5.74, 6) is 0. The van der Waals surface area contributed by atoms with Crippen LogP contribution in [0.1, 0.15) is 26.3 Å². The predicted molar refractivity (Wildman–Crippen MR) is 126 cm³/mol. The van der Waals surface area contributed by atoms with Crippen LogP contribution in [-0.2, 0) is 5.41 Å². The van der Waals surface area contributed by atoms with E-state index in [1.54, 1.807) is 0 Å². The average Bonchev–Trinajstić information content (AvgIpc) is 2.69. The lowest BCUT2D eigenvalue weighted by Crippen LogP contribution is -2.13. The molecule has 2 heteroatoms. The van der Waals surface area contributed by atoms with Crippen molar-refractivity contribution < 1.29 is 0 Å². The molecule has 4 aromatic carbocycles. The van der Waals surface area contributed by atoms with Crippen molar-refractivity contribution in [2.24, 2.45) is 0 Å². The molecule has 0 atom stereocenters. The molecule has 0 heterocycles. The van der Waals surface area contributed by atoms with Gasteiger partial charge in [-0.3, -0.25) is 0 Å². The van der Waals surface area contributed by atoms with E-state index in [0.717, 1.165) is 0 Å². The third-order valence-corrected chi connectivity index (χ3v) is 5.27. The molecule has 0 aliphatic rings. The second-order valence-corrected chi connectivity index (χ2v) is 8.50. The number of fused-ring (bicyclic) bond motifs is 1. The topological polar surface area (TPSA) is 3.24 Å². The summed E-state index contributed by atoms with van der Waals surface area (Å²) < 4.78 is 0. The van der Waals surface area contributed by atoms with Gasteiger partial charge in [0.05, 0.1) is 0 Å². The molecule has 0 bridgehead atoms. The molecule has 4 rings (SSSR count). The van der Waals surface area contributed by atoms with E-state index in [9.17, 15) is 0 Å². The van der Waals surface area contributed by atoms with E-state index in [2.05, 4.69) is 125 Å². The standard InChI is InChI=1S/C26H26BN/c1-26(2,3)21-9-14-23(15-10-21)28(24-16-11-22(27)12-17-24)25-13-8-19-6-4-5-7-20(19)18-25/h4-18H,27H2,1-3H3. The van der Waals surface area contributed by atoms with Gasteiger partial charge in [0, 0.05) is 17.1 Å². The van der Waals surface area contributed by atoms with Crippen LogP contribution in [0.3, 0.4) is 0 Å². The first-order chi connectivity index (χ1) is 13.4. The number of anilines is 3. The molecule has 0 aliphatic carbocycles. The molecule has 0 fully saturated rings. The minimum atomic E-state index is 0.149. The Balaban J connectivity index is 1.85. The maximum Gasteiger partial charge on any atom is 0.139 e. The van der Waals surface area contributed by atoms with Crippen molar-refractivity contribution in [3.63, 3.8) is 0 Å². The van der Waals surface area contributed by atoms with Crippen LogP contribution in [0, 0.1) is 0 Å². The lowest BCUT2D eigenvalue weighted by molar-refractivity contribution is 0.590. The normalized spacial score (nSPS) is 11.5. The highest BCUT2D eigenvalue weighted by Crippen LogP contribution is 2.36. The quantitative estimate of drug-likeness (QED) is 0.412. The maximum absolute atomic E-state index is 2.33. The Morgan fingerprint density at radius 2 is 1.14 bits per heavy atom. The molecule has 138 valence electrons. The zero-order valence-corrected chi connectivity index (χ0v) is 17.1. The van der Waals surface area contributed by atoms with E-state index in [1.807, 2.05) is 0 Å². The molecule has 1 nitrogen and oxygen atoms in total. The molecular weight excluding hydrogens is 337 g/mol. The first-order valence-electron chi connectivity index (χ1n) is 9.88. The molecule has 28 heavy (non-hydrogen) atoms. The van der Waals surface area contributed by atoms with Gasteiger partial charge in [-0.05, 0) is 58.1 Å². The first-order valence-corrected chi connectivity index (χ1v) is 9.88. The van der Waals surface area contributed by atoms with Crippen molar-refractivity contribution in [2.45, 2.75) is 26.2 Å². The third kappa shape index (κ3) is 3.68. The lowest BCUT2D eigenvalue weighted by Gasteiger charge is -2.27. The Hall–Kier alpha value is -3.00. The molecule has 0 radical (unpaired) electrons. The molecule has 0 N–H and O–H groups in total. The number of nitrogens with zero attached hydrogens (tertiary/aromatic N) is 1. The van der Waals surface area contributed by atoms with Crippen LogP contribution >= 0.6 is 0 Å². The van der Waals surface area contributed by atoms with Crippen molar-refractivity contribution >= 4 is 41.1 Å². The van der Waals surface area contributed by atoms with Crippen LogP contribution in [-0.4, -0.2) is 7.85 Å². The number of benzene rings is 4. The Labute approximate surface area is 169 Å². The molecule has 0 amide bonds. The second-order valence-electron chi connectivity index (χ2n) is 8.50. The van der Waals surface area contributed by atoms with Gasteiger partial charge in [-0.15, -0.1) is 0 Å². The Morgan fingerprint density at radius 1 is 0.607 bits per heavy atom. The first kappa shape index (κ1) is 18.4. The fourth-order valence-corrected chi connectivity index (χ4v) is 3.57. The Bertz CT molecular complexity index is 1090. The van der Waals surface area contributed by atoms with Crippen molar-refractivity contribution in [3.8, 4) is 0 Å². The van der Waals surface area contributed by atoms with Gasteiger partial charge in [0.1, 0.15) is 7.85 Å². The smallest absolute Gasteiger partial charge is 0.139 e. The fourth-order valence-electron chi connectivity index (χ4n) is 3.57. The summed E-state index contributed by atoms with van der Waals surface area (Å²) in [7, 11) is 2.13. The zero-order chi connectivity index (χ0) is 19.7. The zero-order valence-electron chi connectivity index (χ0n) is 17.1. The number of rotatable bonds is 3. The van der Waals surface area contributed by atoms with E-state index in [4.69, 9.17) is 0 Å². The summed E-state index contributed by atoms with van der Waals surface area (Å²) in [5.41, 5.74) is 6.28. The van der Waals surface area contributed by atoms with E-state index in [0.29, 0.717) is 0 Å². The van der Waals surface area contributed by atoms with Crippen LogP contribution in [0.15, 0.2) is 91.0 Å². The Kier molecular flexibility index (Phi) is 4.72. The molecule has 0 saturated heterocycles. The third-order valence-electron chi connectivity index (χ3n) is 5.27. The molecule has 0 spiro atoms. The van der Waals surface area contributed by atoms with E-state index < -0.39 is 0 Å². The fraction of sp³-hybridized carbons (Fsp3) is 0.154. The van der Waals surface area contributed by atoms with Gasteiger partial charge in [-0.1, -0.05) is 80.8 Å². The summed E-state index contributed by atoms with van der Waals surface area (Å²) in [5, 5.41) is 2.52. The predicted octanol–water partition coefficient (Wildman–Crippen LogP) is 5.87. The van der Waals surface area contributed by atoms with Crippen molar-refractivity contribution in [2.75, 3.05) is 4.90 Å². The highest BCUT2D eigenvalue weighted by molar-refractivity contribution is 6.32. The van der Waals surface area contributed by atoms with Gasteiger partial charge in [0.2, 0.25) is 0 Å².